The molecule has 4 aromatic carbocycles. The number of phenolic OH excluding ortho intramolecular Hbond substituents is 1. The first kappa shape index (κ1) is 50.3. The molecule has 0 aliphatic carbocycles. The van der Waals surface area contributed by atoms with E-state index in [2.05, 4.69) is 150 Å². The fourth-order valence-electron chi connectivity index (χ4n) is 10.6. The molecule has 4 aromatic rings. The van der Waals surface area contributed by atoms with E-state index in [4.69, 9.17) is 0 Å². The molecule has 0 bridgehead atoms. The maximum absolute atomic E-state index is 12.4. The van der Waals surface area contributed by atoms with Gasteiger partial charge in [0, 0.05) is 5.56 Å². The molecule has 0 heterocycles. The Balaban J connectivity index is 1.97. The molecule has 0 amide bonds. The summed E-state index contributed by atoms with van der Waals surface area (Å²) in [6.07, 6.45) is 21.6. The van der Waals surface area contributed by atoms with Gasteiger partial charge in [0.25, 0.3) is 0 Å². The Hall–Kier alpha value is -3.32. The summed E-state index contributed by atoms with van der Waals surface area (Å²) in [7, 11) is 0. The summed E-state index contributed by atoms with van der Waals surface area (Å²) in [5.74, 6) is 2.01. The van der Waals surface area contributed by atoms with Crippen LogP contribution in [0.1, 0.15) is 262 Å². The molecule has 0 saturated heterocycles. The van der Waals surface area contributed by atoms with Gasteiger partial charge in [-0.2, -0.15) is 0 Å². The molecule has 1 nitrogen and oxygen atoms in total. The zero-order chi connectivity index (χ0) is 44.5. The van der Waals surface area contributed by atoms with Crippen LogP contribution in [0, 0.1) is 0 Å². The van der Waals surface area contributed by atoms with Crippen LogP contribution in [0.25, 0.3) is 0 Å². The molecule has 1 N–H and O–H groups in total. The van der Waals surface area contributed by atoms with Gasteiger partial charge in [-0.15, -0.1) is 0 Å². The maximum atomic E-state index is 12.4. The summed E-state index contributed by atoms with van der Waals surface area (Å²) in [4.78, 5) is 0. The number of unbranched alkanes of at least 4 members (excludes halogenated alkanes) is 6. The smallest absolute Gasteiger partial charge is 0.119 e. The van der Waals surface area contributed by atoms with Crippen LogP contribution in [0.15, 0.2) is 66.7 Å². The van der Waals surface area contributed by atoms with Gasteiger partial charge in [-0.25, -0.2) is 0 Å². The lowest BCUT2D eigenvalue weighted by Gasteiger charge is -2.35. The fraction of sp³-hybridized carbons (Fsp3) is 0.600. The lowest BCUT2D eigenvalue weighted by molar-refractivity contribution is 0.448. The van der Waals surface area contributed by atoms with Gasteiger partial charge in [0.1, 0.15) is 5.75 Å². The van der Waals surface area contributed by atoms with Crippen molar-refractivity contribution in [1.29, 1.82) is 0 Å². The largest absolute Gasteiger partial charge is 0.508 e. The third kappa shape index (κ3) is 12.7. The quantitative estimate of drug-likeness (QED) is 0.0635. The number of hydrogen-bond donors (Lipinski definition) is 1. The summed E-state index contributed by atoms with van der Waals surface area (Å²) in [5.41, 5.74) is 18.0. The normalized spacial score (nSPS) is 14.8. The molecule has 0 saturated carbocycles. The van der Waals surface area contributed by atoms with Crippen LogP contribution in [0.2, 0.25) is 0 Å². The summed E-state index contributed by atoms with van der Waals surface area (Å²) < 4.78 is 0. The van der Waals surface area contributed by atoms with Crippen LogP contribution in [-0.4, -0.2) is 5.11 Å². The molecule has 4 rings (SSSR count). The number of aromatic hydroxyl groups is 1. The number of hydrogen-bond acceptors (Lipinski definition) is 1. The number of aryl methyl sites for hydroxylation is 3. The maximum Gasteiger partial charge on any atom is 0.119 e. The van der Waals surface area contributed by atoms with Crippen molar-refractivity contribution in [1.82, 2.24) is 0 Å². The molecule has 0 radical (unpaired) electrons. The molecule has 6 unspecified atom stereocenters. The Morgan fingerprint density at radius 1 is 0.328 bits per heavy atom. The van der Waals surface area contributed by atoms with Crippen molar-refractivity contribution in [3.8, 4) is 5.75 Å². The second-order valence-electron chi connectivity index (χ2n) is 19.3. The minimum Gasteiger partial charge on any atom is -0.508 e. The molecule has 0 aliphatic rings. The first-order chi connectivity index (χ1) is 29.5. The summed E-state index contributed by atoms with van der Waals surface area (Å²) in [6.45, 7) is 28.8. The number of benzene rings is 4. The molecule has 0 fully saturated rings. The summed E-state index contributed by atoms with van der Waals surface area (Å²) >= 11 is 0. The van der Waals surface area contributed by atoms with Crippen molar-refractivity contribution < 1.29 is 5.11 Å². The van der Waals surface area contributed by atoms with Crippen molar-refractivity contribution in [2.75, 3.05) is 0 Å². The highest BCUT2D eigenvalue weighted by atomic mass is 16.3. The van der Waals surface area contributed by atoms with Crippen LogP contribution < -0.4 is 0 Å². The number of rotatable bonds is 27. The second kappa shape index (κ2) is 25.7. The molecule has 0 aliphatic heterocycles. The minimum absolute atomic E-state index is 0.141. The molecule has 6 atom stereocenters. The molecule has 336 valence electrons. The molecule has 0 aromatic heterocycles. The van der Waals surface area contributed by atoms with Gasteiger partial charge >= 0.3 is 0 Å². The Bertz CT molecular complexity index is 1900. The van der Waals surface area contributed by atoms with E-state index in [9.17, 15) is 5.11 Å². The van der Waals surface area contributed by atoms with E-state index in [1.807, 2.05) is 0 Å². The third-order valence-electron chi connectivity index (χ3n) is 15.1. The second-order valence-corrected chi connectivity index (χ2v) is 19.3. The van der Waals surface area contributed by atoms with Gasteiger partial charge in [0.2, 0.25) is 0 Å². The molecule has 61 heavy (non-hydrogen) atoms. The number of phenols is 1. The van der Waals surface area contributed by atoms with Crippen molar-refractivity contribution in [3.63, 3.8) is 0 Å². The van der Waals surface area contributed by atoms with E-state index in [0.717, 1.165) is 32.1 Å². The van der Waals surface area contributed by atoms with Crippen molar-refractivity contribution in [2.24, 2.45) is 0 Å². The third-order valence-corrected chi connectivity index (χ3v) is 15.1. The van der Waals surface area contributed by atoms with Gasteiger partial charge in [-0.1, -0.05) is 182 Å². The zero-order valence-electron chi connectivity index (χ0n) is 41.5. The predicted octanol–water partition coefficient (Wildman–Crippen LogP) is 18.2. The molecular formula is C60H90O. The predicted molar refractivity (Wildman–Crippen MR) is 270 cm³/mol. The van der Waals surface area contributed by atoms with Crippen LogP contribution in [0.4, 0.5) is 0 Å². The van der Waals surface area contributed by atoms with Crippen molar-refractivity contribution in [3.05, 3.63) is 133 Å². The van der Waals surface area contributed by atoms with Crippen LogP contribution in [-0.2, 0) is 38.5 Å². The highest BCUT2D eigenvalue weighted by Crippen LogP contribution is 2.50. The first-order valence-electron chi connectivity index (χ1n) is 25.7. The average molecular weight is 827 g/mol. The first-order valence-corrected chi connectivity index (χ1v) is 25.7. The Kier molecular flexibility index (Phi) is 21.2. The van der Waals surface area contributed by atoms with E-state index in [1.54, 1.807) is 27.8 Å². The monoisotopic (exact) mass is 827 g/mol. The van der Waals surface area contributed by atoms with Gasteiger partial charge < -0.3 is 5.11 Å². The highest BCUT2D eigenvalue weighted by Gasteiger charge is 2.34. The topological polar surface area (TPSA) is 20.2 Å². The van der Waals surface area contributed by atoms with E-state index in [-0.39, 0.29) is 23.7 Å². The van der Waals surface area contributed by atoms with Crippen LogP contribution in [0.5, 0.6) is 5.75 Å². The van der Waals surface area contributed by atoms with Crippen molar-refractivity contribution >= 4 is 0 Å². The minimum atomic E-state index is 0.141. The van der Waals surface area contributed by atoms with E-state index in [0.29, 0.717) is 17.6 Å². The average Bonchev–Trinajstić information content (AvgIpc) is 3.28. The van der Waals surface area contributed by atoms with Crippen molar-refractivity contribution in [2.45, 2.75) is 234 Å². The summed E-state index contributed by atoms with van der Waals surface area (Å²) in [5, 5.41) is 12.4. The summed E-state index contributed by atoms with van der Waals surface area (Å²) in [6, 6.07) is 25.9. The Morgan fingerprint density at radius 2 is 0.623 bits per heavy atom. The van der Waals surface area contributed by atoms with E-state index >= 15 is 0 Å². The van der Waals surface area contributed by atoms with Gasteiger partial charge in [-0.05, 0) is 180 Å². The fourth-order valence-corrected chi connectivity index (χ4v) is 10.6. The Labute approximate surface area is 377 Å². The van der Waals surface area contributed by atoms with Gasteiger partial charge in [0.15, 0.2) is 0 Å². The zero-order valence-corrected chi connectivity index (χ0v) is 41.5. The Morgan fingerprint density at radius 3 is 0.967 bits per heavy atom. The molecule has 1 heteroatoms. The lowest BCUT2D eigenvalue weighted by atomic mass is 9.69. The van der Waals surface area contributed by atoms with Crippen LogP contribution in [0.3, 0.4) is 0 Å². The van der Waals surface area contributed by atoms with Gasteiger partial charge in [-0.3, -0.25) is 0 Å². The van der Waals surface area contributed by atoms with E-state index in [1.165, 1.54) is 122 Å². The molecule has 0 spiro atoms. The standard InChI is InChI=1S/C60H90O/c1-13-19-28-48-31-25-37-51(55(48)34-22-16-4)42(7)43(8)54-40-41-58(61)60(47(12)45(10)53-39-27-33-50(30-21-15-3)57(53)36-24-18-6)59(54)46(11)44(9)52-38-26-32-49(29-20-14-2)56(52)35-23-17-5/h25-27,31-33,37-47,61H,13-24,28-30,34-36H2,1-12H3. The van der Waals surface area contributed by atoms with Crippen LogP contribution >= 0.6 is 0 Å². The lowest BCUT2D eigenvalue weighted by Crippen LogP contribution is -2.19. The SMILES string of the molecule is CCCCc1cccc(C(C)C(C)c2ccc(O)c(C(C)C(C)c3cccc(CCCC)c3CCCC)c2C(C)C(C)c2cccc(CCCC)c2CCCC)c1CCCC. The molecular weight excluding hydrogens is 737 g/mol. The highest BCUT2D eigenvalue weighted by molar-refractivity contribution is 5.54. The van der Waals surface area contributed by atoms with E-state index < -0.39 is 0 Å². The van der Waals surface area contributed by atoms with Gasteiger partial charge in [0.05, 0.1) is 0 Å².